The summed E-state index contributed by atoms with van der Waals surface area (Å²) >= 11 is 0. The lowest BCUT2D eigenvalue weighted by Crippen LogP contribution is -2.28. The minimum Gasteiger partial charge on any atom is -0.0741 e. The van der Waals surface area contributed by atoms with Crippen LogP contribution >= 0.6 is 15.8 Å². The van der Waals surface area contributed by atoms with Crippen LogP contribution in [0.3, 0.4) is 0 Å². The lowest BCUT2D eigenvalue weighted by atomic mass is 10.3. The fourth-order valence-corrected chi connectivity index (χ4v) is 10.2. The highest BCUT2D eigenvalue weighted by Crippen LogP contribution is 2.44. The Balaban J connectivity index is 3.21. The molecule has 24 heavy (non-hydrogen) atoms. The van der Waals surface area contributed by atoms with E-state index in [-0.39, 0.29) is 15.8 Å². The highest BCUT2D eigenvalue weighted by Gasteiger charge is 2.23. The lowest BCUT2D eigenvalue weighted by Gasteiger charge is -2.30. The van der Waals surface area contributed by atoms with Crippen molar-refractivity contribution in [3.8, 4) is 0 Å². The summed E-state index contributed by atoms with van der Waals surface area (Å²) in [5, 5.41) is 3.48. The fourth-order valence-electron chi connectivity index (χ4n) is 3.30. The average Bonchev–Trinajstić information content (AvgIpc) is 2.44. The van der Waals surface area contributed by atoms with E-state index in [0.717, 1.165) is 23.7 Å². The summed E-state index contributed by atoms with van der Waals surface area (Å²) in [5.74, 6) is 3.18. The van der Waals surface area contributed by atoms with Gasteiger partial charge in [-0.3, -0.25) is 0 Å². The van der Waals surface area contributed by atoms with Crippen LogP contribution in [0.25, 0.3) is 0 Å². The van der Waals surface area contributed by atoms with Crippen molar-refractivity contribution in [1.29, 1.82) is 0 Å². The molecule has 0 aliphatic rings. The Morgan fingerprint density at radius 3 is 1.00 bits per heavy atom. The molecule has 0 spiro atoms. The van der Waals surface area contributed by atoms with Crippen molar-refractivity contribution >= 4 is 26.5 Å². The van der Waals surface area contributed by atoms with E-state index in [0.29, 0.717) is 0 Å². The first-order chi connectivity index (χ1) is 11.2. The van der Waals surface area contributed by atoms with Crippen molar-refractivity contribution in [2.75, 3.05) is 24.6 Å². The average molecular weight is 367 g/mol. The molecule has 0 amide bonds. The highest BCUT2D eigenvalue weighted by atomic mass is 31.1. The second-order valence-corrected chi connectivity index (χ2v) is 13.5. The maximum atomic E-state index is 2.47. The first-order valence-corrected chi connectivity index (χ1v) is 13.2. The van der Waals surface area contributed by atoms with E-state index in [1.54, 1.807) is 10.6 Å². The van der Waals surface area contributed by atoms with Crippen molar-refractivity contribution in [2.24, 2.45) is 23.7 Å². The highest BCUT2D eigenvalue weighted by molar-refractivity contribution is 7.72. The fraction of sp³-hybridized carbons (Fsp3) is 0.727. The maximum absolute atomic E-state index is 2.47. The van der Waals surface area contributed by atoms with Gasteiger partial charge < -0.3 is 0 Å². The molecule has 0 saturated heterocycles. The Kier molecular flexibility index (Phi) is 10.1. The monoisotopic (exact) mass is 366 g/mol. The van der Waals surface area contributed by atoms with Gasteiger partial charge in [-0.15, -0.1) is 0 Å². The van der Waals surface area contributed by atoms with Crippen LogP contribution in [0.15, 0.2) is 24.3 Å². The van der Waals surface area contributed by atoms with Gasteiger partial charge in [0.15, 0.2) is 0 Å². The quantitative estimate of drug-likeness (QED) is 0.413. The summed E-state index contributed by atoms with van der Waals surface area (Å²) in [6, 6.07) is 9.52. The van der Waals surface area contributed by atoms with E-state index in [4.69, 9.17) is 0 Å². The molecule has 0 bridgehead atoms. The molecule has 0 unspecified atom stereocenters. The maximum Gasteiger partial charge on any atom is -0.0164 e. The molecule has 0 aliphatic carbocycles. The summed E-state index contributed by atoms with van der Waals surface area (Å²) in [7, 11) is -0.0434. The van der Waals surface area contributed by atoms with Gasteiger partial charge in [-0.2, -0.15) is 0 Å². The zero-order chi connectivity index (χ0) is 18.3. The van der Waals surface area contributed by atoms with E-state index in [1.165, 1.54) is 24.6 Å². The van der Waals surface area contributed by atoms with Crippen LogP contribution in [0.4, 0.5) is 0 Å². The molecule has 1 aromatic carbocycles. The Morgan fingerprint density at radius 1 is 0.542 bits per heavy atom. The zero-order valence-electron chi connectivity index (χ0n) is 17.3. The minimum absolute atomic E-state index is 0.0217. The van der Waals surface area contributed by atoms with Crippen LogP contribution in [0.1, 0.15) is 55.4 Å². The predicted molar refractivity (Wildman–Crippen MR) is 118 cm³/mol. The summed E-state index contributed by atoms with van der Waals surface area (Å²) in [4.78, 5) is 0. The molecule has 0 N–H and O–H groups in total. The first-order valence-electron chi connectivity index (χ1n) is 9.79. The van der Waals surface area contributed by atoms with Gasteiger partial charge in [-0.1, -0.05) is 95.5 Å². The zero-order valence-corrected chi connectivity index (χ0v) is 19.1. The van der Waals surface area contributed by atoms with Gasteiger partial charge in [-0.25, -0.2) is 0 Å². The molecule has 0 aliphatic heterocycles. The molecule has 0 atom stereocenters. The molecule has 0 nitrogen and oxygen atoms in total. The smallest absolute Gasteiger partial charge is 0.0164 e. The third-order valence-corrected chi connectivity index (χ3v) is 10.9. The molecule has 0 fully saturated rings. The number of rotatable bonds is 10. The number of benzene rings is 1. The minimum atomic E-state index is -0.0217. The van der Waals surface area contributed by atoms with E-state index >= 15 is 0 Å². The Morgan fingerprint density at radius 2 is 0.792 bits per heavy atom. The van der Waals surface area contributed by atoms with Gasteiger partial charge in [-0.05, 0) is 58.9 Å². The Labute approximate surface area is 154 Å². The molecule has 0 saturated carbocycles. The molecule has 0 heterocycles. The summed E-state index contributed by atoms with van der Waals surface area (Å²) < 4.78 is 0. The molecular weight excluding hydrogens is 326 g/mol. The molecule has 2 heteroatoms. The first kappa shape index (κ1) is 22.1. The lowest BCUT2D eigenvalue weighted by molar-refractivity contribution is 0.720. The summed E-state index contributed by atoms with van der Waals surface area (Å²) in [6.07, 6.45) is 5.54. The van der Waals surface area contributed by atoms with Crippen molar-refractivity contribution in [3.63, 3.8) is 0 Å². The van der Waals surface area contributed by atoms with Gasteiger partial charge in [0.05, 0.1) is 0 Å². The number of hydrogen-bond donors (Lipinski definition) is 0. The number of hydrogen-bond acceptors (Lipinski definition) is 0. The molecular formula is C22H40P2. The Bertz CT molecular complexity index is 400. The van der Waals surface area contributed by atoms with Crippen LogP contribution in [0, 0.1) is 23.7 Å². The predicted octanol–water partition coefficient (Wildman–Crippen LogP) is 6.53. The van der Waals surface area contributed by atoms with Crippen LogP contribution < -0.4 is 10.6 Å². The molecule has 138 valence electrons. The molecule has 0 aromatic heterocycles. The van der Waals surface area contributed by atoms with Gasteiger partial charge in [0.25, 0.3) is 0 Å². The third kappa shape index (κ3) is 7.97. The van der Waals surface area contributed by atoms with Gasteiger partial charge >= 0.3 is 0 Å². The second-order valence-electron chi connectivity index (χ2n) is 8.87. The standard InChI is InChI=1S/C22H40P2/c1-17(2)13-23(14-18(3)4)21-11-9-10-12-22(21)24(15-19(5)6)16-20(7)8/h9-12,17-20H,13-16H2,1-8H3. The third-order valence-electron chi connectivity index (χ3n) is 3.91. The normalized spacial score (nSPS) is 12.6. The SMILES string of the molecule is CC(C)CP(CC(C)C)c1ccccc1P(CC(C)C)CC(C)C. The van der Waals surface area contributed by atoms with Gasteiger partial charge in [0.2, 0.25) is 0 Å². The van der Waals surface area contributed by atoms with Crippen LogP contribution in [-0.2, 0) is 0 Å². The molecule has 1 rings (SSSR count). The van der Waals surface area contributed by atoms with Gasteiger partial charge in [0, 0.05) is 0 Å². The summed E-state index contributed by atoms with van der Waals surface area (Å²) in [6.45, 7) is 19.1. The van der Waals surface area contributed by atoms with E-state index in [2.05, 4.69) is 79.7 Å². The van der Waals surface area contributed by atoms with Crippen molar-refractivity contribution < 1.29 is 0 Å². The van der Waals surface area contributed by atoms with Crippen LogP contribution in [-0.4, -0.2) is 24.6 Å². The Hall–Kier alpha value is 0.0800. The van der Waals surface area contributed by atoms with E-state index < -0.39 is 0 Å². The van der Waals surface area contributed by atoms with Gasteiger partial charge in [0.1, 0.15) is 0 Å². The van der Waals surface area contributed by atoms with Crippen molar-refractivity contribution in [1.82, 2.24) is 0 Å². The van der Waals surface area contributed by atoms with E-state index in [9.17, 15) is 0 Å². The van der Waals surface area contributed by atoms with Crippen LogP contribution in [0.5, 0.6) is 0 Å². The van der Waals surface area contributed by atoms with Crippen LogP contribution in [0.2, 0.25) is 0 Å². The van der Waals surface area contributed by atoms with Crippen molar-refractivity contribution in [3.05, 3.63) is 24.3 Å². The molecule has 0 radical (unpaired) electrons. The topological polar surface area (TPSA) is 0 Å². The van der Waals surface area contributed by atoms with Crippen molar-refractivity contribution in [2.45, 2.75) is 55.4 Å². The summed E-state index contributed by atoms with van der Waals surface area (Å²) in [5.41, 5.74) is 0. The second kappa shape index (κ2) is 10.9. The molecule has 1 aromatic rings. The largest absolute Gasteiger partial charge is 0.0741 e. The van der Waals surface area contributed by atoms with E-state index in [1.807, 2.05) is 0 Å².